The molecule has 1 nitrogen and oxygen atoms in total. The van der Waals surface area contributed by atoms with Crippen molar-refractivity contribution in [3.05, 3.63) is 78.4 Å². The molecule has 1 saturated heterocycles. The van der Waals surface area contributed by atoms with Crippen molar-refractivity contribution in [1.29, 1.82) is 0 Å². The van der Waals surface area contributed by atoms with E-state index in [4.69, 9.17) is 4.74 Å². The van der Waals surface area contributed by atoms with Gasteiger partial charge in [-0.25, -0.2) is 0 Å². The third-order valence-corrected chi connectivity index (χ3v) is 3.85. The van der Waals surface area contributed by atoms with Crippen LogP contribution in [0.1, 0.15) is 17.5 Å². The zero-order chi connectivity index (χ0) is 13.0. The van der Waals surface area contributed by atoms with E-state index in [-0.39, 0.29) is 5.41 Å². The van der Waals surface area contributed by atoms with E-state index in [9.17, 15) is 0 Å². The van der Waals surface area contributed by atoms with Gasteiger partial charge in [0, 0.05) is 12.0 Å². The fraction of sp³-hybridized carbons (Fsp3) is 0.278. The molecule has 2 aromatic rings. The Morgan fingerprint density at radius 3 is 1.74 bits per heavy atom. The molecule has 97 valence electrons. The molecule has 0 saturated carbocycles. The van der Waals surface area contributed by atoms with E-state index in [1.165, 1.54) is 11.1 Å². The summed E-state index contributed by atoms with van der Waals surface area (Å²) >= 11 is 0. The number of hydrogen-bond acceptors (Lipinski definition) is 1. The maximum absolute atomic E-state index is 5.58. The summed E-state index contributed by atoms with van der Waals surface area (Å²) in [5.74, 6) is 0. The molecule has 0 aromatic heterocycles. The normalized spacial score (nSPS) is 17.5. The lowest BCUT2D eigenvalue weighted by Crippen LogP contribution is -2.23. The van der Waals surface area contributed by atoms with E-state index < -0.39 is 0 Å². The van der Waals surface area contributed by atoms with Crippen LogP contribution >= 0.6 is 0 Å². The standard InChI is InChI=1S/C18H19O/c1-3-7-16(8-4-1)13-18(11-12-19-15-18)14-17-9-5-2-6-10-17/h1-10,15H,11-14H2. The van der Waals surface area contributed by atoms with Gasteiger partial charge < -0.3 is 4.74 Å². The molecule has 0 atom stereocenters. The van der Waals surface area contributed by atoms with Crippen LogP contribution < -0.4 is 0 Å². The largest absolute Gasteiger partial charge is 0.375 e. The molecular weight excluding hydrogens is 232 g/mol. The molecule has 1 aliphatic heterocycles. The first kappa shape index (κ1) is 12.4. The molecule has 1 heterocycles. The van der Waals surface area contributed by atoms with Gasteiger partial charge in [0.25, 0.3) is 0 Å². The third-order valence-electron chi connectivity index (χ3n) is 3.85. The molecule has 2 aromatic carbocycles. The Hall–Kier alpha value is -1.60. The predicted octanol–water partition coefficient (Wildman–Crippen LogP) is 4.04. The Bertz CT molecular complexity index is 454. The molecule has 1 heteroatoms. The summed E-state index contributed by atoms with van der Waals surface area (Å²) in [5.41, 5.74) is 2.93. The van der Waals surface area contributed by atoms with Gasteiger partial charge in [-0.15, -0.1) is 0 Å². The molecule has 0 amide bonds. The minimum atomic E-state index is 0.155. The molecule has 0 bridgehead atoms. The van der Waals surface area contributed by atoms with Crippen LogP contribution in [0.2, 0.25) is 0 Å². The van der Waals surface area contributed by atoms with Crippen molar-refractivity contribution < 1.29 is 4.74 Å². The van der Waals surface area contributed by atoms with E-state index in [0.29, 0.717) is 0 Å². The maximum atomic E-state index is 5.58. The van der Waals surface area contributed by atoms with E-state index in [1.54, 1.807) is 0 Å². The minimum Gasteiger partial charge on any atom is -0.375 e. The zero-order valence-corrected chi connectivity index (χ0v) is 11.1. The molecular formula is C18H19O. The van der Waals surface area contributed by atoms with Crippen LogP contribution in [0.5, 0.6) is 0 Å². The Labute approximate surface area is 115 Å². The van der Waals surface area contributed by atoms with E-state index in [1.807, 2.05) is 0 Å². The van der Waals surface area contributed by atoms with Gasteiger partial charge in [0.05, 0.1) is 6.61 Å². The molecule has 0 N–H and O–H groups in total. The van der Waals surface area contributed by atoms with Gasteiger partial charge in [0.2, 0.25) is 0 Å². The summed E-state index contributed by atoms with van der Waals surface area (Å²) in [6.45, 7) is 2.92. The van der Waals surface area contributed by atoms with Crippen molar-refractivity contribution >= 4 is 0 Å². The van der Waals surface area contributed by atoms with Gasteiger partial charge in [-0.3, -0.25) is 0 Å². The first-order valence-corrected chi connectivity index (χ1v) is 6.90. The van der Waals surface area contributed by atoms with Gasteiger partial charge in [0.15, 0.2) is 0 Å². The highest BCUT2D eigenvalue weighted by molar-refractivity contribution is 5.22. The average molecular weight is 251 g/mol. The zero-order valence-electron chi connectivity index (χ0n) is 11.1. The second kappa shape index (κ2) is 5.58. The van der Waals surface area contributed by atoms with Gasteiger partial charge in [-0.1, -0.05) is 60.7 Å². The van der Waals surface area contributed by atoms with Crippen LogP contribution in [0.15, 0.2) is 60.7 Å². The highest BCUT2D eigenvalue weighted by atomic mass is 16.5. The lowest BCUT2D eigenvalue weighted by Gasteiger charge is -2.27. The van der Waals surface area contributed by atoms with E-state index in [0.717, 1.165) is 25.9 Å². The summed E-state index contributed by atoms with van der Waals surface area (Å²) < 4.78 is 5.58. The van der Waals surface area contributed by atoms with Gasteiger partial charge in [0.1, 0.15) is 0 Å². The van der Waals surface area contributed by atoms with Crippen molar-refractivity contribution in [3.8, 4) is 0 Å². The molecule has 1 radical (unpaired) electrons. The number of hydrogen-bond donors (Lipinski definition) is 0. The smallest absolute Gasteiger partial charge is 0.0905 e. The maximum Gasteiger partial charge on any atom is 0.0905 e. The fourth-order valence-corrected chi connectivity index (χ4v) is 2.88. The van der Waals surface area contributed by atoms with Crippen molar-refractivity contribution in [3.63, 3.8) is 0 Å². The Balaban J connectivity index is 1.79. The summed E-state index contributed by atoms with van der Waals surface area (Å²) in [6.07, 6.45) is 3.22. The first-order valence-electron chi connectivity index (χ1n) is 6.90. The lowest BCUT2D eigenvalue weighted by atomic mass is 9.76. The highest BCUT2D eigenvalue weighted by Gasteiger charge is 2.35. The lowest BCUT2D eigenvalue weighted by molar-refractivity contribution is 0.226. The van der Waals surface area contributed by atoms with Crippen molar-refractivity contribution in [2.24, 2.45) is 5.41 Å². The van der Waals surface area contributed by atoms with Gasteiger partial charge in [-0.2, -0.15) is 0 Å². The van der Waals surface area contributed by atoms with Gasteiger partial charge >= 0.3 is 0 Å². The van der Waals surface area contributed by atoms with Crippen LogP contribution in [0.25, 0.3) is 0 Å². The molecule has 0 spiro atoms. The summed E-state index contributed by atoms with van der Waals surface area (Å²) in [6, 6.07) is 21.4. The Morgan fingerprint density at radius 1 is 0.789 bits per heavy atom. The average Bonchev–Trinajstić information content (AvgIpc) is 2.89. The SMILES string of the molecule is [CH]1OCCC1(Cc1ccccc1)Cc1ccccc1. The minimum absolute atomic E-state index is 0.155. The molecule has 3 rings (SSSR count). The monoisotopic (exact) mass is 251 g/mol. The second-order valence-electron chi connectivity index (χ2n) is 5.43. The van der Waals surface area contributed by atoms with E-state index in [2.05, 4.69) is 67.3 Å². The van der Waals surface area contributed by atoms with Crippen LogP contribution in [-0.2, 0) is 17.6 Å². The highest BCUT2D eigenvalue weighted by Crippen LogP contribution is 2.39. The molecule has 0 unspecified atom stereocenters. The predicted molar refractivity (Wildman–Crippen MR) is 77.6 cm³/mol. The van der Waals surface area contributed by atoms with Crippen LogP contribution in [0.3, 0.4) is 0 Å². The van der Waals surface area contributed by atoms with Gasteiger partial charge in [-0.05, 0) is 30.4 Å². The molecule has 19 heavy (non-hydrogen) atoms. The fourth-order valence-electron chi connectivity index (χ4n) is 2.88. The molecule has 1 fully saturated rings. The first-order chi connectivity index (χ1) is 9.36. The quantitative estimate of drug-likeness (QED) is 0.797. The number of rotatable bonds is 4. The Kier molecular flexibility index (Phi) is 3.65. The number of ether oxygens (including phenoxy) is 1. The van der Waals surface area contributed by atoms with Crippen LogP contribution in [-0.4, -0.2) is 6.61 Å². The molecule has 1 aliphatic rings. The Morgan fingerprint density at radius 2 is 1.32 bits per heavy atom. The van der Waals surface area contributed by atoms with Crippen molar-refractivity contribution in [2.45, 2.75) is 19.3 Å². The summed E-state index contributed by atoms with van der Waals surface area (Å²) in [5, 5.41) is 0. The topological polar surface area (TPSA) is 9.23 Å². The van der Waals surface area contributed by atoms with Crippen molar-refractivity contribution in [1.82, 2.24) is 0 Å². The summed E-state index contributed by atoms with van der Waals surface area (Å²) in [4.78, 5) is 0. The van der Waals surface area contributed by atoms with E-state index >= 15 is 0 Å². The molecule has 0 aliphatic carbocycles. The second-order valence-corrected chi connectivity index (χ2v) is 5.43. The number of benzene rings is 2. The van der Waals surface area contributed by atoms with Crippen LogP contribution in [0.4, 0.5) is 0 Å². The third kappa shape index (κ3) is 3.05. The van der Waals surface area contributed by atoms with Crippen molar-refractivity contribution in [2.75, 3.05) is 6.61 Å². The summed E-state index contributed by atoms with van der Waals surface area (Å²) in [7, 11) is 0. The van der Waals surface area contributed by atoms with Crippen LogP contribution in [0, 0.1) is 12.0 Å².